The number of hydrogen-bond donors (Lipinski definition) is 0. The maximum absolute atomic E-state index is 12.0. The minimum Gasteiger partial charge on any atom is -0.444 e. The molecular weight excluding hydrogens is 292 g/mol. The molecule has 0 N–H and O–H groups in total. The van der Waals surface area contributed by atoms with Crippen molar-refractivity contribution in [3.05, 3.63) is 0 Å². The summed E-state index contributed by atoms with van der Waals surface area (Å²) in [6, 6.07) is 0.388. The Morgan fingerprint density at radius 2 is 1.57 bits per heavy atom. The van der Waals surface area contributed by atoms with Gasteiger partial charge in [-0.25, -0.2) is 13.2 Å². The summed E-state index contributed by atoms with van der Waals surface area (Å²) < 4.78 is 28.3. The van der Waals surface area contributed by atoms with Crippen LogP contribution >= 0.6 is 0 Å². The maximum Gasteiger partial charge on any atom is 0.410 e. The van der Waals surface area contributed by atoms with Crippen LogP contribution in [0.15, 0.2) is 0 Å². The van der Waals surface area contributed by atoms with E-state index in [2.05, 4.69) is 4.90 Å². The Morgan fingerprint density at radius 1 is 1.05 bits per heavy atom. The van der Waals surface area contributed by atoms with Crippen molar-refractivity contribution in [2.75, 3.05) is 37.7 Å². The van der Waals surface area contributed by atoms with E-state index >= 15 is 0 Å². The molecule has 2 saturated heterocycles. The van der Waals surface area contributed by atoms with Crippen LogP contribution in [0.2, 0.25) is 0 Å². The van der Waals surface area contributed by atoms with E-state index in [1.807, 2.05) is 20.8 Å². The number of piperidine rings is 1. The number of rotatable bonds is 1. The Balaban J connectivity index is 1.80. The van der Waals surface area contributed by atoms with Gasteiger partial charge < -0.3 is 9.64 Å². The summed E-state index contributed by atoms with van der Waals surface area (Å²) in [5, 5.41) is 0. The highest BCUT2D eigenvalue weighted by atomic mass is 32.2. The van der Waals surface area contributed by atoms with Crippen molar-refractivity contribution >= 4 is 15.9 Å². The summed E-state index contributed by atoms with van der Waals surface area (Å²) in [5.74, 6) is 0.526. The maximum atomic E-state index is 12.0. The molecule has 1 amide bonds. The standard InChI is InChI=1S/C14H26N2O4S/c1-14(2,3)20-13(17)16-6-4-12(5-7-16)15-8-10-21(18,19)11-9-15/h12H,4-11H2,1-3H3. The molecule has 7 heteroatoms. The Labute approximate surface area is 127 Å². The lowest BCUT2D eigenvalue weighted by molar-refractivity contribution is 0.0148. The van der Waals surface area contributed by atoms with Gasteiger partial charge in [-0.05, 0) is 33.6 Å². The van der Waals surface area contributed by atoms with Crippen LogP contribution in [-0.4, -0.2) is 73.6 Å². The predicted octanol–water partition coefficient (Wildman–Crippen LogP) is 1.12. The van der Waals surface area contributed by atoms with Crippen LogP contribution < -0.4 is 0 Å². The second kappa shape index (κ2) is 6.12. The van der Waals surface area contributed by atoms with Gasteiger partial charge in [-0.2, -0.15) is 0 Å². The zero-order valence-electron chi connectivity index (χ0n) is 13.2. The smallest absolute Gasteiger partial charge is 0.410 e. The van der Waals surface area contributed by atoms with Gasteiger partial charge in [0, 0.05) is 32.2 Å². The summed E-state index contributed by atoms with van der Waals surface area (Å²) in [4.78, 5) is 16.0. The third kappa shape index (κ3) is 4.85. The fourth-order valence-corrected chi connectivity index (χ4v) is 4.06. The lowest BCUT2D eigenvalue weighted by Crippen LogP contribution is -2.51. The molecule has 2 aliphatic rings. The molecule has 122 valence electrons. The van der Waals surface area contributed by atoms with Gasteiger partial charge in [0.1, 0.15) is 5.60 Å². The second-order valence-electron chi connectivity index (χ2n) is 6.89. The van der Waals surface area contributed by atoms with Gasteiger partial charge in [0.15, 0.2) is 9.84 Å². The average molecular weight is 318 g/mol. The average Bonchev–Trinajstić information content (AvgIpc) is 2.37. The van der Waals surface area contributed by atoms with E-state index in [-0.39, 0.29) is 17.6 Å². The second-order valence-corrected chi connectivity index (χ2v) is 9.19. The summed E-state index contributed by atoms with van der Waals surface area (Å²) >= 11 is 0. The van der Waals surface area contributed by atoms with Crippen molar-refractivity contribution in [3.63, 3.8) is 0 Å². The highest BCUT2D eigenvalue weighted by molar-refractivity contribution is 7.91. The van der Waals surface area contributed by atoms with Gasteiger partial charge in [-0.1, -0.05) is 0 Å². The van der Waals surface area contributed by atoms with Gasteiger partial charge in [-0.3, -0.25) is 4.90 Å². The fourth-order valence-electron chi connectivity index (χ4n) is 2.83. The summed E-state index contributed by atoms with van der Waals surface area (Å²) in [6.07, 6.45) is 1.53. The minimum absolute atomic E-state index is 0.248. The van der Waals surface area contributed by atoms with E-state index in [0.717, 1.165) is 12.8 Å². The number of carbonyl (C=O) groups excluding carboxylic acids is 1. The molecule has 0 aromatic rings. The molecule has 6 nitrogen and oxygen atoms in total. The van der Waals surface area contributed by atoms with E-state index in [9.17, 15) is 13.2 Å². The van der Waals surface area contributed by atoms with Gasteiger partial charge in [0.05, 0.1) is 11.5 Å². The molecule has 2 heterocycles. The van der Waals surface area contributed by atoms with Crippen molar-refractivity contribution in [3.8, 4) is 0 Å². The third-order valence-corrected chi connectivity index (χ3v) is 5.62. The highest BCUT2D eigenvalue weighted by Gasteiger charge is 2.32. The Bertz CT molecular complexity index is 462. The van der Waals surface area contributed by atoms with Crippen LogP contribution in [-0.2, 0) is 14.6 Å². The van der Waals surface area contributed by atoms with E-state index in [1.54, 1.807) is 4.90 Å². The summed E-state index contributed by atoms with van der Waals surface area (Å²) in [6.45, 7) is 8.22. The SMILES string of the molecule is CC(C)(C)OC(=O)N1CCC(N2CCS(=O)(=O)CC2)CC1. The Morgan fingerprint density at radius 3 is 2.05 bits per heavy atom. The van der Waals surface area contributed by atoms with Gasteiger partial charge in [0.2, 0.25) is 0 Å². The summed E-state index contributed by atoms with van der Waals surface area (Å²) in [7, 11) is -2.83. The first kappa shape index (κ1) is 16.5. The predicted molar refractivity (Wildman–Crippen MR) is 81.1 cm³/mol. The normalized spacial score (nSPS) is 24.8. The molecule has 2 fully saturated rings. The van der Waals surface area contributed by atoms with E-state index in [0.29, 0.717) is 32.2 Å². The molecule has 2 aliphatic heterocycles. The zero-order chi connectivity index (χ0) is 15.7. The van der Waals surface area contributed by atoms with Gasteiger partial charge in [0.25, 0.3) is 0 Å². The fraction of sp³-hybridized carbons (Fsp3) is 0.929. The zero-order valence-corrected chi connectivity index (χ0v) is 14.0. The van der Waals surface area contributed by atoms with Crippen LogP contribution in [0, 0.1) is 0 Å². The molecule has 0 spiro atoms. The molecule has 0 bridgehead atoms. The number of hydrogen-bond acceptors (Lipinski definition) is 5. The summed E-state index contributed by atoms with van der Waals surface area (Å²) in [5.41, 5.74) is -0.463. The van der Waals surface area contributed by atoms with Crippen molar-refractivity contribution in [1.29, 1.82) is 0 Å². The molecule has 0 radical (unpaired) electrons. The quantitative estimate of drug-likeness (QED) is 0.725. The number of nitrogens with zero attached hydrogens (tertiary/aromatic N) is 2. The van der Waals surface area contributed by atoms with Crippen LogP contribution in [0.5, 0.6) is 0 Å². The number of ether oxygens (including phenoxy) is 1. The molecule has 0 aliphatic carbocycles. The number of sulfone groups is 1. The van der Waals surface area contributed by atoms with Crippen molar-refractivity contribution in [2.45, 2.75) is 45.3 Å². The molecular formula is C14H26N2O4S. The Hall–Kier alpha value is -0.820. The lowest BCUT2D eigenvalue weighted by atomic mass is 10.0. The van der Waals surface area contributed by atoms with Gasteiger partial charge in [-0.15, -0.1) is 0 Å². The van der Waals surface area contributed by atoms with Crippen LogP contribution in [0.4, 0.5) is 4.79 Å². The number of likely N-dealkylation sites (tertiary alicyclic amines) is 1. The Kier molecular flexibility index (Phi) is 4.82. The van der Waals surface area contributed by atoms with Crippen molar-refractivity contribution in [2.24, 2.45) is 0 Å². The van der Waals surface area contributed by atoms with Crippen molar-refractivity contribution < 1.29 is 17.9 Å². The first-order chi connectivity index (χ1) is 9.66. The molecule has 0 aromatic carbocycles. The number of amides is 1. The largest absolute Gasteiger partial charge is 0.444 e. The lowest BCUT2D eigenvalue weighted by Gasteiger charge is -2.40. The van der Waals surface area contributed by atoms with Crippen LogP contribution in [0.25, 0.3) is 0 Å². The molecule has 0 unspecified atom stereocenters. The molecule has 21 heavy (non-hydrogen) atoms. The van der Waals surface area contributed by atoms with E-state index in [4.69, 9.17) is 4.74 Å². The number of carbonyl (C=O) groups is 1. The first-order valence-corrected chi connectivity index (χ1v) is 9.41. The molecule has 0 aromatic heterocycles. The minimum atomic E-state index is -2.83. The van der Waals surface area contributed by atoms with E-state index in [1.165, 1.54) is 0 Å². The van der Waals surface area contributed by atoms with Crippen molar-refractivity contribution in [1.82, 2.24) is 9.80 Å². The van der Waals surface area contributed by atoms with Gasteiger partial charge >= 0.3 is 6.09 Å². The third-order valence-electron chi connectivity index (χ3n) is 4.01. The molecule has 0 saturated carbocycles. The van der Waals surface area contributed by atoms with Crippen LogP contribution in [0.3, 0.4) is 0 Å². The van der Waals surface area contributed by atoms with E-state index < -0.39 is 15.4 Å². The monoisotopic (exact) mass is 318 g/mol. The molecule has 0 atom stereocenters. The first-order valence-electron chi connectivity index (χ1n) is 7.59. The van der Waals surface area contributed by atoms with Crippen LogP contribution in [0.1, 0.15) is 33.6 Å². The topological polar surface area (TPSA) is 66.9 Å². The molecule has 2 rings (SSSR count). The highest BCUT2D eigenvalue weighted by Crippen LogP contribution is 2.20.